The highest BCUT2D eigenvalue weighted by atomic mass is 35.5. The van der Waals surface area contributed by atoms with E-state index in [1.807, 2.05) is 25.2 Å². The van der Waals surface area contributed by atoms with E-state index in [2.05, 4.69) is 29.6 Å². The Bertz CT molecular complexity index is 607. The van der Waals surface area contributed by atoms with E-state index in [0.717, 1.165) is 22.9 Å². The molecule has 3 heteroatoms. The van der Waals surface area contributed by atoms with Gasteiger partial charge in [0, 0.05) is 22.0 Å². The van der Waals surface area contributed by atoms with E-state index in [0.29, 0.717) is 12.0 Å². The molecule has 2 atom stereocenters. The van der Waals surface area contributed by atoms with Crippen LogP contribution >= 0.6 is 23.2 Å². The lowest BCUT2D eigenvalue weighted by atomic mass is 9.77. The lowest BCUT2D eigenvalue weighted by Crippen LogP contribution is -2.24. The maximum absolute atomic E-state index is 6.17. The largest absolute Gasteiger partial charge is 0.313 e. The van der Waals surface area contributed by atoms with Gasteiger partial charge in [0.2, 0.25) is 0 Å². The molecule has 20 heavy (non-hydrogen) atoms. The molecular formula is C17H17Cl2N. The van der Waals surface area contributed by atoms with E-state index in [-0.39, 0.29) is 0 Å². The standard InChI is InChI=1S/C17H17Cl2N/c1-20-17-9-8-14(11-2-4-12(18)5-3-11)15-7-6-13(19)10-16(15)17/h2-7,10,14,17,20H,8-9H2,1H3/t14?,17-/m1/s1. The van der Waals surface area contributed by atoms with Crippen LogP contribution in [0.15, 0.2) is 42.5 Å². The molecule has 0 spiro atoms. The number of hydrogen-bond acceptors (Lipinski definition) is 1. The fourth-order valence-corrected chi connectivity index (χ4v) is 3.46. The number of rotatable bonds is 2. The van der Waals surface area contributed by atoms with Gasteiger partial charge in [-0.05, 0) is 60.8 Å². The molecule has 0 saturated carbocycles. The number of fused-ring (bicyclic) bond motifs is 1. The maximum Gasteiger partial charge on any atom is 0.0409 e. The van der Waals surface area contributed by atoms with Crippen molar-refractivity contribution in [2.45, 2.75) is 24.8 Å². The molecule has 0 fully saturated rings. The van der Waals surface area contributed by atoms with E-state index in [1.54, 1.807) is 0 Å². The van der Waals surface area contributed by atoms with Gasteiger partial charge >= 0.3 is 0 Å². The van der Waals surface area contributed by atoms with Crippen LogP contribution in [0.4, 0.5) is 0 Å². The molecular weight excluding hydrogens is 289 g/mol. The first-order valence-corrected chi connectivity index (χ1v) is 7.66. The van der Waals surface area contributed by atoms with Crippen LogP contribution in [0.1, 0.15) is 41.5 Å². The van der Waals surface area contributed by atoms with Gasteiger partial charge < -0.3 is 5.32 Å². The quantitative estimate of drug-likeness (QED) is 0.806. The normalized spacial score (nSPS) is 21.6. The van der Waals surface area contributed by atoms with Gasteiger partial charge in [-0.3, -0.25) is 0 Å². The molecule has 2 aromatic carbocycles. The Morgan fingerprint density at radius 2 is 1.60 bits per heavy atom. The molecule has 1 nitrogen and oxygen atoms in total. The van der Waals surface area contributed by atoms with Crippen molar-refractivity contribution in [2.75, 3.05) is 7.05 Å². The third-order valence-corrected chi connectivity index (χ3v) is 4.65. The van der Waals surface area contributed by atoms with Gasteiger partial charge in [0.1, 0.15) is 0 Å². The number of benzene rings is 2. The predicted molar refractivity (Wildman–Crippen MR) is 85.8 cm³/mol. The van der Waals surface area contributed by atoms with E-state index < -0.39 is 0 Å². The fourth-order valence-electron chi connectivity index (χ4n) is 3.15. The third-order valence-electron chi connectivity index (χ3n) is 4.16. The van der Waals surface area contributed by atoms with Gasteiger partial charge in [-0.15, -0.1) is 0 Å². The average Bonchev–Trinajstić information content (AvgIpc) is 2.47. The summed E-state index contributed by atoms with van der Waals surface area (Å²) >= 11 is 12.2. The molecule has 0 radical (unpaired) electrons. The highest BCUT2D eigenvalue weighted by Gasteiger charge is 2.27. The van der Waals surface area contributed by atoms with Crippen molar-refractivity contribution in [1.29, 1.82) is 0 Å². The van der Waals surface area contributed by atoms with Gasteiger partial charge in [-0.25, -0.2) is 0 Å². The van der Waals surface area contributed by atoms with Crippen LogP contribution in [0.2, 0.25) is 10.0 Å². The zero-order chi connectivity index (χ0) is 14.1. The summed E-state index contributed by atoms with van der Waals surface area (Å²) in [5.41, 5.74) is 4.03. The van der Waals surface area contributed by atoms with Crippen LogP contribution in [-0.2, 0) is 0 Å². The van der Waals surface area contributed by atoms with E-state index in [4.69, 9.17) is 23.2 Å². The first kappa shape index (κ1) is 13.9. The van der Waals surface area contributed by atoms with Crippen LogP contribution in [0.25, 0.3) is 0 Å². The molecule has 2 aromatic rings. The molecule has 0 saturated heterocycles. The van der Waals surface area contributed by atoms with Crippen LogP contribution in [0.3, 0.4) is 0 Å². The highest BCUT2D eigenvalue weighted by Crippen LogP contribution is 2.42. The van der Waals surface area contributed by atoms with E-state index in [1.165, 1.54) is 16.7 Å². The summed E-state index contributed by atoms with van der Waals surface area (Å²) in [6.45, 7) is 0. The Hall–Kier alpha value is -1.02. The molecule has 0 aromatic heterocycles. The zero-order valence-corrected chi connectivity index (χ0v) is 12.9. The molecule has 1 aliphatic carbocycles. The molecule has 104 valence electrons. The molecule has 1 unspecified atom stereocenters. The molecule has 1 N–H and O–H groups in total. The van der Waals surface area contributed by atoms with Crippen LogP contribution in [0.5, 0.6) is 0 Å². The third kappa shape index (κ3) is 2.58. The summed E-state index contributed by atoms with van der Waals surface area (Å²) in [5, 5.41) is 4.98. The average molecular weight is 306 g/mol. The molecule has 0 aliphatic heterocycles. The number of nitrogens with one attached hydrogen (secondary N) is 1. The van der Waals surface area contributed by atoms with E-state index in [9.17, 15) is 0 Å². The van der Waals surface area contributed by atoms with Crippen molar-refractivity contribution in [3.05, 3.63) is 69.2 Å². The summed E-state index contributed by atoms with van der Waals surface area (Å²) < 4.78 is 0. The summed E-state index contributed by atoms with van der Waals surface area (Å²) in [6, 6.07) is 14.8. The maximum atomic E-state index is 6.17. The Kier molecular flexibility index (Phi) is 4.02. The summed E-state index contributed by atoms with van der Waals surface area (Å²) in [4.78, 5) is 0. The first-order valence-electron chi connectivity index (χ1n) is 6.91. The Labute approximate surface area is 129 Å². The first-order chi connectivity index (χ1) is 9.69. The lowest BCUT2D eigenvalue weighted by molar-refractivity contribution is 0.471. The van der Waals surface area contributed by atoms with Crippen LogP contribution in [0, 0.1) is 0 Å². The minimum atomic E-state index is 0.396. The topological polar surface area (TPSA) is 12.0 Å². The minimum absolute atomic E-state index is 0.396. The highest BCUT2D eigenvalue weighted by molar-refractivity contribution is 6.30. The number of halogens is 2. The second-order valence-electron chi connectivity index (χ2n) is 5.30. The monoisotopic (exact) mass is 305 g/mol. The van der Waals surface area contributed by atoms with Gasteiger partial charge in [-0.2, -0.15) is 0 Å². The van der Waals surface area contributed by atoms with Gasteiger partial charge in [0.05, 0.1) is 0 Å². The number of hydrogen-bond donors (Lipinski definition) is 1. The molecule has 0 bridgehead atoms. The van der Waals surface area contributed by atoms with Gasteiger partial charge in [0.25, 0.3) is 0 Å². The lowest BCUT2D eigenvalue weighted by Gasteiger charge is -2.32. The van der Waals surface area contributed by atoms with Crippen molar-refractivity contribution in [3.8, 4) is 0 Å². The molecule has 3 rings (SSSR count). The summed E-state index contributed by atoms with van der Waals surface area (Å²) in [7, 11) is 2.01. The summed E-state index contributed by atoms with van der Waals surface area (Å²) in [6.07, 6.45) is 2.26. The minimum Gasteiger partial charge on any atom is -0.313 e. The Morgan fingerprint density at radius 3 is 2.30 bits per heavy atom. The zero-order valence-electron chi connectivity index (χ0n) is 11.4. The second kappa shape index (κ2) is 5.77. The Balaban J connectivity index is 2.05. The fraction of sp³-hybridized carbons (Fsp3) is 0.294. The SMILES string of the molecule is CN[C@@H]1CCC(c2ccc(Cl)cc2)c2ccc(Cl)cc21. The Morgan fingerprint density at radius 1 is 0.900 bits per heavy atom. The smallest absolute Gasteiger partial charge is 0.0409 e. The van der Waals surface area contributed by atoms with Crippen molar-refractivity contribution in [3.63, 3.8) is 0 Å². The molecule has 1 aliphatic rings. The van der Waals surface area contributed by atoms with Gasteiger partial charge in [-0.1, -0.05) is 41.4 Å². The van der Waals surface area contributed by atoms with E-state index >= 15 is 0 Å². The predicted octanol–water partition coefficient (Wildman–Crippen LogP) is 5.18. The van der Waals surface area contributed by atoms with Crippen molar-refractivity contribution < 1.29 is 0 Å². The van der Waals surface area contributed by atoms with Crippen molar-refractivity contribution in [2.24, 2.45) is 0 Å². The second-order valence-corrected chi connectivity index (χ2v) is 6.17. The van der Waals surface area contributed by atoms with Crippen molar-refractivity contribution in [1.82, 2.24) is 5.32 Å². The molecule has 0 heterocycles. The molecule has 0 amide bonds. The van der Waals surface area contributed by atoms with Gasteiger partial charge in [0.15, 0.2) is 0 Å². The van der Waals surface area contributed by atoms with Crippen LogP contribution in [-0.4, -0.2) is 7.05 Å². The van der Waals surface area contributed by atoms with Crippen LogP contribution < -0.4 is 5.32 Å². The summed E-state index contributed by atoms with van der Waals surface area (Å²) in [5.74, 6) is 0.434. The van der Waals surface area contributed by atoms with Crippen molar-refractivity contribution >= 4 is 23.2 Å².